The van der Waals surface area contributed by atoms with Crippen molar-refractivity contribution in [2.24, 2.45) is 5.41 Å². The minimum Gasteiger partial charge on any atom is -0.378 e. The fraction of sp³-hybridized carbons (Fsp3) is 0.192. The molecule has 6 heteroatoms. The molecule has 1 aromatic carbocycles. The van der Waals surface area contributed by atoms with Gasteiger partial charge < -0.3 is 10.1 Å². The number of aliphatic hydroxyl groups is 1. The van der Waals surface area contributed by atoms with Crippen LogP contribution in [0.25, 0.3) is 32.9 Å². The molecule has 0 radical (unpaired) electrons. The van der Waals surface area contributed by atoms with Crippen LogP contribution in [0.3, 0.4) is 0 Å². The van der Waals surface area contributed by atoms with E-state index in [0.29, 0.717) is 0 Å². The summed E-state index contributed by atoms with van der Waals surface area (Å²) in [6, 6.07) is 16.1. The standard InChI is InChI=1S/C26H22N4OS/c1-25(2)13-17-7-4-10-27-22(17)26(25,31)18-8-3-6-16(12-18)21-15-32-24(30-21)20-14-29-23-19(20)9-5-11-28-23/h3-12,14-15,31H,13H2,1-2H3,(H,28,29)/t26-/m1/s1. The van der Waals surface area contributed by atoms with E-state index in [2.05, 4.69) is 52.4 Å². The molecule has 0 spiro atoms. The van der Waals surface area contributed by atoms with Crippen molar-refractivity contribution in [2.45, 2.75) is 25.9 Å². The highest BCUT2D eigenvalue weighted by atomic mass is 32.1. The Hall–Kier alpha value is -3.35. The molecule has 0 unspecified atom stereocenters. The minimum absolute atomic E-state index is 0.368. The number of fused-ring (bicyclic) bond motifs is 2. The Labute approximate surface area is 189 Å². The molecule has 0 saturated heterocycles. The van der Waals surface area contributed by atoms with Gasteiger partial charge in [-0.25, -0.2) is 9.97 Å². The predicted octanol–water partition coefficient (Wildman–Crippen LogP) is 5.57. The fourth-order valence-corrected chi connectivity index (χ4v) is 5.78. The summed E-state index contributed by atoms with van der Waals surface area (Å²) in [7, 11) is 0. The van der Waals surface area contributed by atoms with Gasteiger partial charge in [0.15, 0.2) is 0 Å². The van der Waals surface area contributed by atoms with Gasteiger partial charge in [-0.3, -0.25) is 4.98 Å². The van der Waals surface area contributed by atoms with Gasteiger partial charge in [-0.1, -0.05) is 38.1 Å². The van der Waals surface area contributed by atoms with Gasteiger partial charge in [0.25, 0.3) is 0 Å². The second-order valence-corrected chi connectivity index (χ2v) is 9.86. The second-order valence-electron chi connectivity index (χ2n) is 9.00. The molecule has 0 saturated carbocycles. The van der Waals surface area contributed by atoms with Gasteiger partial charge in [0.05, 0.1) is 11.4 Å². The molecule has 158 valence electrons. The van der Waals surface area contributed by atoms with E-state index in [-0.39, 0.29) is 5.41 Å². The normalized spacial score (nSPS) is 19.3. The number of pyridine rings is 2. The molecule has 1 aliphatic carbocycles. The van der Waals surface area contributed by atoms with Crippen molar-refractivity contribution >= 4 is 22.4 Å². The molecule has 0 fully saturated rings. The number of benzene rings is 1. The van der Waals surface area contributed by atoms with Crippen LogP contribution in [-0.4, -0.2) is 25.0 Å². The van der Waals surface area contributed by atoms with Gasteiger partial charge in [-0.2, -0.15) is 0 Å². The van der Waals surface area contributed by atoms with Crippen LogP contribution >= 0.6 is 11.3 Å². The third-order valence-electron chi connectivity index (χ3n) is 6.61. The average molecular weight is 439 g/mol. The van der Waals surface area contributed by atoms with Crippen LogP contribution in [0.15, 0.2) is 72.5 Å². The second kappa shape index (κ2) is 6.82. The number of aromatic nitrogens is 4. The number of rotatable bonds is 3. The first-order valence-electron chi connectivity index (χ1n) is 10.6. The molecular weight excluding hydrogens is 416 g/mol. The van der Waals surface area contributed by atoms with Crippen molar-refractivity contribution < 1.29 is 5.11 Å². The SMILES string of the molecule is CC1(C)Cc2cccnc2[C@]1(O)c1cccc(-c2csc(-c3c[nH]c4ncccc34)n2)c1. The third kappa shape index (κ3) is 2.70. The summed E-state index contributed by atoms with van der Waals surface area (Å²) in [6.45, 7) is 4.21. The lowest BCUT2D eigenvalue weighted by Crippen LogP contribution is -2.40. The summed E-state index contributed by atoms with van der Waals surface area (Å²) < 4.78 is 0. The van der Waals surface area contributed by atoms with Gasteiger partial charge in [-0.05, 0) is 41.8 Å². The lowest BCUT2D eigenvalue weighted by molar-refractivity contribution is -0.0240. The highest BCUT2D eigenvalue weighted by Gasteiger charge is 2.53. The highest BCUT2D eigenvalue weighted by molar-refractivity contribution is 7.13. The maximum absolute atomic E-state index is 12.0. The molecule has 1 atom stereocenters. The zero-order chi connectivity index (χ0) is 21.9. The van der Waals surface area contributed by atoms with Crippen LogP contribution in [-0.2, 0) is 12.0 Å². The van der Waals surface area contributed by atoms with Crippen LogP contribution in [0.2, 0.25) is 0 Å². The fourth-order valence-electron chi connectivity index (χ4n) is 4.93. The van der Waals surface area contributed by atoms with E-state index < -0.39 is 5.60 Å². The van der Waals surface area contributed by atoms with Gasteiger partial charge in [0, 0.05) is 45.9 Å². The van der Waals surface area contributed by atoms with Gasteiger partial charge >= 0.3 is 0 Å². The molecule has 6 rings (SSSR count). The van der Waals surface area contributed by atoms with Gasteiger partial charge in [0.1, 0.15) is 16.3 Å². The summed E-state index contributed by atoms with van der Waals surface area (Å²) in [4.78, 5) is 17.1. The van der Waals surface area contributed by atoms with Crippen molar-refractivity contribution in [1.29, 1.82) is 0 Å². The van der Waals surface area contributed by atoms with E-state index in [4.69, 9.17) is 4.98 Å². The zero-order valence-corrected chi connectivity index (χ0v) is 18.6. The van der Waals surface area contributed by atoms with Crippen LogP contribution in [0.1, 0.15) is 30.7 Å². The first kappa shape index (κ1) is 19.3. The highest BCUT2D eigenvalue weighted by Crippen LogP contribution is 2.53. The Balaban J connectivity index is 1.43. The number of aromatic amines is 1. The van der Waals surface area contributed by atoms with E-state index in [1.807, 2.05) is 36.5 Å². The molecule has 0 bridgehead atoms. The molecule has 32 heavy (non-hydrogen) atoms. The first-order valence-corrected chi connectivity index (χ1v) is 11.5. The topological polar surface area (TPSA) is 74.7 Å². The Bertz CT molecular complexity index is 1470. The maximum atomic E-state index is 12.0. The maximum Gasteiger partial charge on any atom is 0.137 e. The summed E-state index contributed by atoms with van der Waals surface area (Å²) in [5, 5.41) is 16.1. The Morgan fingerprint density at radius 2 is 1.88 bits per heavy atom. The summed E-state index contributed by atoms with van der Waals surface area (Å²) in [5.41, 5.74) is 4.98. The molecular formula is C26H22N4OS. The van der Waals surface area contributed by atoms with Crippen LogP contribution in [0, 0.1) is 5.41 Å². The van der Waals surface area contributed by atoms with Crippen molar-refractivity contribution in [2.75, 3.05) is 0 Å². The molecule has 1 aliphatic rings. The molecule has 2 N–H and O–H groups in total. The largest absolute Gasteiger partial charge is 0.378 e. The van der Waals surface area contributed by atoms with Crippen molar-refractivity contribution in [3.05, 3.63) is 89.3 Å². The Morgan fingerprint density at radius 1 is 1.03 bits per heavy atom. The van der Waals surface area contributed by atoms with Crippen LogP contribution < -0.4 is 0 Å². The number of nitrogens with one attached hydrogen (secondary N) is 1. The van der Waals surface area contributed by atoms with E-state index in [9.17, 15) is 5.11 Å². The monoisotopic (exact) mass is 438 g/mol. The zero-order valence-electron chi connectivity index (χ0n) is 17.8. The van der Waals surface area contributed by atoms with E-state index in [1.165, 1.54) is 0 Å². The molecule has 4 aromatic heterocycles. The van der Waals surface area contributed by atoms with Crippen molar-refractivity contribution in [3.8, 4) is 21.8 Å². The van der Waals surface area contributed by atoms with Gasteiger partial charge in [0.2, 0.25) is 0 Å². The molecule has 5 nitrogen and oxygen atoms in total. The third-order valence-corrected chi connectivity index (χ3v) is 7.48. The van der Waals surface area contributed by atoms with E-state index >= 15 is 0 Å². The molecule has 4 heterocycles. The first-order chi connectivity index (χ1) is 15.5. The predicted molar refractivity (Wildman–Crippen MR) is 127 cm³/mol. The molecule has 0 aliphatic heterocycles. The smallest absolute Gasteiger partial charge is 0.137 e. The average Bonchev–Trinajstić information content (AvgIpc) is 3.50. The molecule has 5 aromatic rings. The lowest BCUT2D eigenvalue weighted by Gasteiger charge is -2.37. The summed E-state index contributed by atoms with van der Waals surface area (Å²) >= 11 is 1.61. The Kier molecular flexibility index (Phi) is 4.12. The van der Waals surface area contributed by atoms with Crippen LogP contribution in [0.5, 0.6) is 0 Å². The van der Waals surface area contributed by atoms with Crippen molar-refractivity contribution in [3.63, 3.8) is 0 Å². The number of hydrogen-bond acceptors (Lipinski definition) is 5. The van der Waals surface area contributed by atoms with E-state index in [0.717, 1.165) is 56.1 Å². The van der Waals surface area contributed by atoms with Crippen molar-refractivity contribution in [1.82, 2.24) is 19.9 Å². The number of thiazole rings is 1. The van der Waals surface area contributed by atoms with E-state index in [1.54, 1.807) is 23.7 Å². The minimum atomic E-state index is -1.15. The number of H-pyrrole nitrogens is 1. The lowest BCUT2D eigenvalue weighted by atomic mass is 9.72. The Morgan fingerprint density at radius 3 is 2.78 bits per heavy atom. The van der Waals surface area contributed by atoms with Gasteiger partial charge in [-0.15, -0.1) is 11.3 Å². The summed E-state index contributed by atoms with van der Waals surface area (Å²) in [6.07, 6.45) is 6.29. The number of hydrogen-bond donors (Lipinski definition) is 2. The summed E-state index contributed by atoms with van der Waals surface area (Å²) in [5.74, 6) is 0. The van der Waals surface area contributed by atoms with Crippen LogP contribution in [0.4, 0.5) is 0 Å². The number of nitrogens with zero attached hydrogens (tertiary/aromatic N) is 3. The molecule has 0 amide bonds. The quantitative estimate of drug-likeness (QED) is 0.386.